The molecule has 116 valence electrons. The molecule has 2 aliphatic heterocycles. The van der Waals surface area contributed by atoms with E-state index in [4.69, 9.17) is 0 Å². The fraction of sp³-hybridized carbons (Fsp3) is 0.562. The monoisotopic (exact) mass is 312 g/mol. The predicted molar refractivity (Wildman–Crippen MR) is 84.5 cm³/mol. The molecule has 0 bridgehead atoms. The first-order valence-electron chi connectivity index (χ1n) is 7.53. The maximum atomic E-state index is 13.3. The quantitative estimate of drug-likeness (QED) is 0.931. The van der Waals surface area contributed by atoms with Crippen LogP contribution < -0.4 is 10.2 Å². The number of carbonyl (C=O) groups excluding carboxylic acids is 1. The summed E-state index contributed by atoms with van der Waals surface area (Å²) >= 11 is 0. The van der Waals surface area contributed by atoms with Crippen LogP contribution in [0.3, 0.4) is 0 Å². The minimum Gasteiger partial charge on any atom is -0.317 e. The molecule has 21 heavy (non-hydrogen) atoms. The van der Waals surface area contributed by atoms with Crippen molar-refractivity contribution >= 4 is 24.0 Å². The van der Waals surface area contributed by atoms with Gasteiger partial charge in [0.25, 0.3) is 0 Å². The predicted octanol–water partition coefficient (Wildman–Crippen LogP) is 2.92. The lowest BCUT2D eigenvalue weighted by Crippen LogP contribution is -2.31. The van der Waals surface area contributed by atoms with Crippen molar-refractivity contribution in [1.29, 1.82) is 0 Å². The molecular formula is C16H22ClFN2O. The fourth-order valence-corrected chi connectivity index (χ4v) is 3.24. The van der Waals surface area contributed by atoms with Crippen molar-refractivity contribution in [2.45, 2.75) is 32.1 Å². The summed E-state index contributed by atoms with van der Waals surface area (Å²) in [7, 11) is 0. The highest BCUT2D eigenvalue weighted by molar-refractivity contribution is 5.95. The maximum absolute atomic E-state index is 13.3. The first kappa shape index (κ1) is 16.2. The molecule has 0 unspecified atom stereocenters. The second kappa shape index (κ2) is 7.23. The summed E-state index contributed by atoms with van der Waals surface area (Å²) in [6.07, 6.45) is 4.72. The lowest BCUT2D eigenvalue weighted by Gasteiger charge is -2.23. The van der Waals surface area contributed by atoms with Gasteiger partial charge in [0.2, 0.25) is 5.91 Å². The van der Waals surface area contributed by atoms with Crippen LogP contribution in [-0.4, -0.2) is 25.5 Å². The molecule has 5 heteroatoms. The normalized spacial score (nSPS) is 18.2. The van der Waals surface area contributed by atoms with Gasteiger partial charge in [-0.2, -0.15) is 0 Å². The summed E-state index contributed by atoms with van der Waals surface area (Å²) in [6, 6.07) is 4.76. The van der Waals surface area contributed by atoms with E-state index in [1.54, 1.807) is 11.0 Å². The van der Waals surface area contributed by atoms with Gasteiger partial charge in [-0.25, -0.2) is 4.39 Å². The molecular weight excluding hydrogens is 291 g/mol. The molecule has 0 aliphatic carbocycles. The van der Waals surface area contributed by atoms with Crippen LogP contribution in [0, 0.1) is 11.7 Å². The summed E-state index contributed by atoms with van der Waals surface area (Å²) in [5.41, 5.74) is 1.86. The van der Waals surface area contributed by atoms with Crippen LogP contribution in [0.4, 0.5) is 10.1 Å². The zero-order chi connectivity index (χ0) is 13.9. The number of carbonyl (C=O) groups is 1. The van der Waals surface area contributed by atoms with Crippen LogP contribution in [0.2, 0.25) is 0 Å². The van der Waals surface area contributed by atoms with Gasteiger partial charge in [-0.1, -0.05) is 6.07 Å². The largest absolute Gasteiger partial charge is 0.317 e. The molecule has 3 nitrogen and oxygen atoms in total. The van der Waals surface area contributed by atoms with E-state index in [1.165, 1.54) is 25.0 Å². The Morgan fingerprint density at radius 2 is 2.10 bits per heavy atom. The van der Waals surface area contributed by atoms with Crippen LogP contribution in [0.5, 0.6) is 0 Å². The van der Waals surface area contributed by atoms with Gasteiger partial charge in [-0.3, -0.25) is 4.79 Å². The molecule has 0 saturated carbocycles. The molecule has 1 fully saturated rings. The van der Waals surface area contributed by atoms with Crippen molar-refractivity contribution in [1.82, 2.24) is 5.32 Å². The van der Waals surface area contributed by atoms with E-state index in [1.807, 2.05) is 0 Å². The average molecular weight is 313 g/mol. The van der Waals surface area contributed by atoms with Crippen LogP contribution in [0.25, 0.3) is 0 Å². The third kappa shape index (κ3) is 3.74. The molecule has 0 radical (unpaired) electrons. The minimum atomic E-state index is -0.262. The topological polar surface area (TPSA) is 32.3 Å². The highest BCUT2D eigenvalue weighted by Gasteiger charge is 2.25. The van der Waals surface area contributed by atoms with Crippen molar-refractivity contribution in [2.24, 2.45) is 5.92 Å². The van der Waals surface area contributed by atoms with Gasteiger partial charge in [0.15, 0.2) is 0 Å². The summed E-state index contributed by atoms with van der Waals surface area (Å²) < 4.78 is 13.3. The second-order valence-electron chi connectivity index (χ2n) is 5.80. The number of anilines is 1. The Morgan fingerprint density at radius 3 is 2.86 bits per heavy atom. The first-order valence-corrected chi connectivity index (χ1v) is 7.53. The van der Waals surface area contributed by atoms with E-state index < -0.39 is 0 Å². The Labute approximate surface area is 131 Å². The van der Waals surface area contributed by atoms with E-state index >= 15 is 0 Å². The van der Waals surface area contributed by atoms with Crippen LogP contribution in [-0.2, 0) is 11.2 Å². The van der Waals surface area contributed by atoms with Crippen LogP contribution in [0.15, 0.2) is 18.2 Å². The number of piperidine rings is 1. The van der Waals surface area contributed by atoms with E-state index in [0.29, 0.717) is 18.9 Å². The number of fused-ring (bicyclic) bond motifs is 1. The molecule has 1 amide bonds. The van der Waals surface area contributed by atoms with Gasteiger partial charge < -0.3 is 10.2 Å². The summed E-state index contributed by atoms with van der Waals surface area (Å²) in [4.78, 5) is 14.1. The number of amides is 1. The number of hydrogen-bond acceptors (Lipinski definition) is 2. The summed E-state index contributed by atoms with van der Waals surface area (Å²) in [6.45, 7) is 2.83. The Hall–Kier alpha value is -1.13. The molecule has 0 aromatic heterocycles. The van der Waals surface area contributed by atoms with Gasteiger partial charge in [-0.15, -0.1) is 12.4 Å². The lowest BCUT2D eigenvalue weighted by atomic mass is 9.93. The van der Waals surface area contributed by atoms with Crippen LogP contribution >= 0.6 is 12.4 Å². The maximum Gasteiger partial charge on any atom is 0.227 e. The lowest BCUT2D eigenvalue weighted by molar-refractivity contribution is -0.118. The summed E-state index contributed by atoms with van der Waals surface area (Å²) in [5.74, 6) is 0.546. The zero-order valence-corrected chi connectivity index (χ0v) is 12.9. The van der Waals surface area contributed by atoms with Gasteiger partial charge in [-0.05, 0) is 62.4 Å². The molecule has 2 aliphatic rings. The van der Waals surface area contributed by atoms with Gasteiger partial charge in [0.05, 0.1) is 0 Å². The Morgan fingerprint density at radius 1 is 1.33 bits per heavy atom. The Balaban J connectivity index is 0.00000161. The molecule has 1 aromatic rings. The molecule has 0 atom stereocenters. The van der Waals surface area contributed by atoms with E-state index in [0.717, 1.165) is 37.2 Å². The van der Waals surface area contributed by atoms with Crippen molar-refractivity contribution in [2.75, 3.05) is 24.5 Å². The molecule has 1 N–H and O–H groups in total. The van der Waals surface area contributed by atoms with E-state index in [9.17, 15) is 9.18 Å². The average Bonchev–Trinajstić information content (AvgIpc) is 2.89. The number of hydrogen-bond donors (Lipinski definition) is 1. The molecule has 2 heterocycles. The Bertz CT molecular complexity index is 503. The minimum absolute atomic E-state index is 0. The molecule has 3 rings (SSSR count). The standard InChI is InChI=1S/C16H21FN2O.ClH/c17-14-3-2-13-7-10-19(15(13)11-14)16(20)4-1-12-5-8-18-9-6-12;/h2-3,11-12,18H,1,4-10H2;1H. The zero-order valence-electron chi connectivity index (χ0n) is 12.1. The van der Waals surface area contributed by atoms with E-state index in [-0.39, 0.29) is 24.1 Å². The summed E-state index contributed by atoms with van der Waals surface area (Å²) in [5, 5.41) is 3.34. The van der Waals surface area contributed by atoms with Gasteiger partial charge in [0.1, 0.15) is 5.82 Å². The van der Waals surface area contributed by atoms with Crippen molar-refractivity contribution in [3.63, 3.8) is 0 Å². The van der Waals surface area contributed by atoms with Crippen LogP contribution in [0.1, 0.15) is 31.2 Å². The number of rotatable bonds is 3. The number of halogens is 2. The highest BCUT2D eigenvalue weighted by Crippen LogP contribution is 2.30. The smallest absolute Gasteiger partial charge is 0.227 e. The Kier molecular flexibility index (Phi) is 5.59. The number of nitrogens with zero attached hydrogens (tertiary/aromatic N) is 1. The SMILES string of the molecule is Cl.O=C(CCC1CCNCC1)N1CCc2ccc(F)cc21. The van der Waals surface area contributed by atoms with Crippen molar-refractivity contribution in [3.8, 4) is 0 Å². The second-order valence-corrected chi connectivity index (χ2v) is 5.80. The third-order valence-electron chi connectivity index (χ3n) is 4.47. The third-order valence-corrected chi connectivity index (χ3v) is 4.47. The van der Waals surface area contributed by atoms with Crippen molar-refractivity contribution in [3.05, 3.63) is 29.6 Å². The first-order chi connectivity index (χ1) is 9.74. The molecule has 1 saturated heterocycles. The van der Waals surface area contributed by atoms with E-state index in [2.05, 4.69) is 5.32 Å². The number of nitrogens with one attached hydrogen (secondary N) is 1. The molecule has 1 aromatic carbocycles. The van der Waals surface area contributed by atoms with Gasteiger partial charge >= 0.3 is 0 Å². The van der Waals surface area contributed by atoms with Crippen molar-refractivity contribution < 1.29 is 9.18 Å². The fourth-order valence-electron chi connectivity index (χ4n) is 3.24. The molecule has 0 spiro atoms. The van der Waals surface area contributed by atoms with Gasteiger partial charge in [0, 0.05) is 18.7 Å². The highest BCUT2D eigenvalue weighted by atomic mass is 35.5. The number of benzene rings is 1.